The summed E-state index contributed by atoms with van der Waals surface area (Å²) in [5, 5.41) is 0. The Labute approximate surface area is 169 Å². The molecular weight excluding hydrogens is 376 g/mol. The first kappa shape index (κ1) is 19.9. The summed E-state index contributed by atoms with van der Waals surface area (Å²) in [6.07, 6.45) is 2.04. The number of benzene rings is 1. The molecule has 2 saturated heterocycles. The highest BCUT2D eigenvalue weighted by atomic mass is 19.2. The summed E-state index contributed by atoms with van der Waals surface area (Å²) in [7, 11) is 0. The number of aromatic nitrogens is 1. The van der Waals surface area contributed by atoms with E-state index in [1.54, 1.807) is 6.07 Å². The maximum atomic E-state index is 13.8. The van der Waals surface area contributed by atoms with Gasteiger partial charge in [-0.3, -0.25) is 4.79 Å². The number of amides is 1. The number of nitrogens with zero attached hydrogens (tertiary/aromatic N) is 3. The minimum Gasteiger partial charge on any atom is -0.378 e. The fourth-order valence-corrected chi connectivity index (χ4v) is 4.50. The normalized spacial score (nSPS) is 17.2. The summed E-state index contributed by atoms with van der Waals surface area (Å²) < 4.78 is 34.6. The first-order valence-electron chi connectivity index (χ1n) is 10.2. The summed E-state index contributed by atoms with van der Waals surface area (Å²) in [5.74, 6) is -1.72. The van der Waals surface area contributed by atoms with E-state index in [0.29, 0.717) is 31.0 Å². The lowest BCUT2D eigenvalue weighted by Crippen LogP contribution is -2.36. The molecule has 0 unspecified atom stereocenters. The van der Waals surface area contributed by atoms with Crippen LogP contribution < -0.4 is 4.90 Å². The van der Waals surface area contributed by atoms with Crippen molar-refractivity contribution in [1.29, 1.82) is 0 Å². The van der Waals surface area contributed by atoms with Gasteiger partial charge in [-0.25, -0.2) is 8.78 Å². The lowest BCUT2D eigenvalue weighted by atomic mass is 10.1. The quantitative estimate of drug-likeness (QED) is 0.784. The number of likely N-dealkylation sites (tertiary alicyclic amines) is 1. The summed E-state index contributed by atoms with van der Waals surface area (Å²) in [6.45, 7) is 8.69. The van der Waals surface area contributed by atoms with E-state index in [9.17, 15) is 13.6 Å². The molecule has 0 atom stereocenters. The molecule has 1 aromatic carbocycles. The number of rotatable bonds is 4. The molecule has 2 aliphatic rings. The first-order chi connectivity index (χ1) is 14.0. The van der Waals surface area contributed by atoms with Gasteiger partial charge in [0.05, 0.1) is 18.9 Å². The van der Waals surface area contributed by atoms with Crippen molar-refractivity contribution >= 4 is 11.6 Å². The molecule has 0 spiro atoms. The van der Waals surface area contributed by atoms with Crippen molar-refractivity contribution in [2.45, 2.75) is 33.2 Å². The number of anilines is 1. The SMILES string of the molecule is Cc1c(N2CCOCC2)c(C)n(Cc2ccc(F)c(F)c2)c1C(=O)N1CCCC1. The van der Waals surface area contributed by atoms with Crippen LogP contribution in [0.2, 0.25) is 0 Å². The maximum absolute atomic E-state index is 13.8. The lowest BCUT2D eigenvalue weighted by molar-refractivity contribution is 0.0781. The van der Waals surface area contributed by atoms with Crippen molar-refractivity contribution < 1.29 is 18.3 Å². The van der Waals surface area contributed by atoms with Crippen molar-refractivity contribution in [1.82, 2.24) is 9.47 Å². The third-order valence-corrected chi connectivity index (χ3v) is 5.98. The van der Waals surface area contributed by atoms with Crippen LogP contribution in [0.4, 0.5) is 14.5 Å². The van der Waals surface area contributed by atoms with Gasteiger partial charge >= 0.3 is 0 Å². The Bertz CT molecular complexity index is 913. The first-order valence-corrected chi connectivity index (χ1v) is 10.2. The summed E-state index contributed by atoms with van der Waals surface area (Å²) in [6, 6.07) is 3.93. The average molecular weight is 403 g/mol. The van der Waals surface area contributed by atoms with Crippen LogP contribution in [0.5, 0.6) is 0 Å². The van der Waals surface area contributed by atoms with Crippen LogP contribution in [0.25, 0.3) is 0 Å². The van der Waals surface area contributed by atoms with Crippen LogP contribution in [-0.2, 0) is 11.3 Å². The van der Waals surface area contributed by atoms with E-state index in [1.165, 1.54) is 6.07 Å². The average Bonchev–Trinajstić information content (AvgIpc) is 3.33. The molecule has 29 heavy (non-hydrogen) atoms. The smallest absolute Gasteiger partial charge is 0.270 e. The predicted molar refractivity (Wildman–Crippen MR) is 108 cm³/mol. The molecule has 5 nitrogen and oxygen atoms in total. The molecule has 156 valence electrons. The van der Waals surface area contributed by atoms with Crippen molar-refractivity contribution in [2.75, 3.05) is 44.3 Å². The fourth-order valence-electron chi connectivity index (χ4n) is 4.50. The number of ether oxygens (including phenoxy) is 1. The minimum absolute atomic E-state index is 0.0187. The van der Waals surface area contributed by atoms with Gasteiger partial charge in [-0.05, 0) is 44.4 Å². The Morgan fingerprint density at radius 1 is 1.03 bits per heavy atom. The van der Waals surface area contributed by atoms with Crippen molar-refractivity contribution in [3.63, 3.8) is 0 Å². The highest BCUT2D eigenvalue weighted by Gasteiger charge is 2.30. The standard InChI is InChI=1S/C22H27F2N3O2/c1-15-20(25-9-11-29-12-10-25)16(2)27(14-17-5-6-18(23)19(24)13-17)21(15)22(28)26-7-3-4-8-26/h5-6,13H,3-4,7-12,14H2,1-2H3. The molecule has 1 aromatic heterocycles. The van der Waals surface area contributed by atoms with E-state index in [-0.39, 0.29) is 5.91 Å². The zero-order chi connectivity index (χ0) is 20.5. The number of carbonyl (C=O) groups excluding carboxylic acids is 1. The number of carbonyl (C=O) groups is 1. The Hall–Kier alpha value is -2.41. The van der Waals surface area contributed by atoms with E-state index < -0.39 is 11.6 Å². The second-order valence-electron chi connectivity index (χ2n) is 7.84. The highest BCUT2D eigenvalue weighted by molar-refractivity contribution is 5.97. The summed E-state index contributed by atoms with van der Waals surface area (Å²) in [4.78, 5) is 17.5. The van der Waals surface area contributed by atoms with Gasteiger partial charge < -0.3 is 19.1 Å². The lowest BCUT2D eigenvalue weighted by Gasteiger charge is -2.29. The summed E-state index contributed by atoms with van der Waals surface area (Å²) >= 11 is 0. The number of halogens is 2. The van der Waals surface area contributed by atoms with Crippen molar-refractivity contribution in [3.8, 4) is 0 Å². The van der Waals surface area contributed by atoms with E-state index >= 15 is 0 Å². The van der Waals surface area contributed by atoms with Crippen LogP contribution in [-0.4, -0.2) is 54.8 Å². The Kier molecular flexibility index (Phi) is 5.58. The molecule has 2 aromatic rings. The van der Waals surface area contributed by atoms with Crippen molar-refractivity contribution in [2.24, 2.45) is 0 Å². The van der Waals surface area contributed by atoms with E-state index in [4.69, 9.17) is 4.74 Å². The second-order valence-corrected chi connectivity index (χ2v) is 7.84. The molecule has 0 N–H and O–H groups in total. The fraction of sp³-hybridized carbons (Fsp3) is 0.500. The molecular formula is C22H27F2N3O2. The van der Waals surface area contributed by atoms with Crippen molar-refractivity contribution in [3.05, 3.63) is 52.3 Å². The van der Waals surface area contributed by atoms with Crippen LogP contribution in [0.1, 0.15) is 40.2 Å². The molecule has 0 radical (unpaired) electrons. The third kappa shape index (κ3) is 3.75. The highest BCUT2D eigenvalue weighted by Crippen LogP contribution is 2.33. The number of hydrogen-bond donors (Lipinski definition) is 0. The zero-order valence-corrected chi connectivity index (χ0v) is 17.0. The maximum Gasteiger partial charge on any atom is 0.270 e. The van der Waals surface area contributed by atoms with Crippen LogP contribution in [0.3, 0.4) is 0 Å². The molecule has 0 aliphatic carbocycles. The number of hydrogen-bond acceptors (Lipinski definition) is 3. The van der Waals surface area contributed by atoms with Gasteiger partial charge in [0.15, 0.2) is 11.6 Å². The Morgan fingerprint density at radius 2 is 1.72 bits per heavy atom. The molecule has 1 amide bonds. The summed E-state index contributed by atoms with van der Waals surface area (Å²) in [5.41, 5.74) is 4.25. The van der Waals surface area contributed by atoms with Gasteiger partial charge in [0.1, 0.15) is 5.69 Å². The van der Waals surface area contributed by atoms with Crippen LogP contribution >= 0.6 is 0 Å². The molecule has 7 heteroatoms. The number of morpholine rings is 1. The van der Waals surface area contributed by atoms with Gasteiger partial charge in [0.2, 0.25) is 0 Å². The van der Waals surface area contributed by atoms with Gasteiger partial charge in [-0.15, -0.1) is 0 Å². The molecule has 2 aliphatic heterocycles. The topological polar surface area (TPSA) is 37.7 Å². The third-order valence-electron chi connectivity index (χ3n) is 5.98. The van der Waals surface area contributed by atoms with Gasteiger partial charge in [0, 0.05) is 44.0 Å². The molecule has 0 saturated carbocycles. The van der Waals surface area contributed by atoms with E-state index in [1.807, 2.05) is 23.3 Å². The van der Waals surface area contributed by atoms with E-state index in [0.717, 1.165) is 62.0 Å². The van der Waals surface area contributed by atoms with Gasteiger partial charge in [-0.2, -0.15) is 0 Å². The van der Waals surface area contributed by atoms with Crippen LogP contribution in [0, 0.1) is 25.5 Å². The van der Waals surface area contributed by atoms with Gasteiger partial charge in [0.25, 0.3) is 5.91 Å². The second kappa shape index (κ2) is 8.14. The Balaban J connectivity index is 1.77. The largest absolute Gasteiger partial charge is 0.378 e. The predicted octanol–water partition coefficient (Wildman–Crippen LogP) is 3.50. The molecule has 2 fully saturated rings. The Morgan fingerprint density at radius 3 is 2.38 bits per heavy atom. The van der Waals surface area contributed by atoms with E-state index in [2.05, 4.69) is 4.90 Å². The molecule has 0 bridgehead atoms. The zero-order valence-electron chi connectivity index (χ0n) is 17.0. The van der Waals surface area contributed by atoms with Gasteiger partial charge in [-0.1, -0.05) is 6.07 Å². The molecule has 4 rings (SSSR count). The van der Waals surface area contributed by atoms with Crippen LogP contribution in [0.15, 0.2) is 18.2 Å². The monoisotopic (exact) mass is 403 g/mol. The molecule has 3 heterocycles. The minimum atomic E-state index is -0.871.